The van der Waals surface area contributed by atoms with Crippen LogP contribution in [0.1, 0.15) is 44.1 Å². The van der Waals surface area contributed by atoms with Crippen molar-refractivity contribution in [3.8, 4) is 10.4 Å². The van der Waals surface area contributed by atoms with Crippen LogP contribution in [-0.2, 0) is 4.79 Å². The number of hydrogen-bond acceptors (Lipinski definition) is 5. The van der Waals surface area contributed by atoms with Gasteiger partial charge in [-0.15, -0.1) is 11.3 Å². The van der Waals surface area contributed by atoms with E-state index in [2.05, 4.69) is 63.5 Å². The maximum Gasteiger partial charge on any atom is 0.239 e. The van der Waals surface area contributed by atoms with E-state index in [4.69, 9.17) is 0 Å². The highest BCUT2D eigenvalue weighted by atomic mass is 32.1. The van der Waals surface area contributed by atoms with Gasteiger partial charge in [-0.05, 0) is 81.1 Å². The molecule has 0 atom stereocenters. The Labute approximate surface area is 208 Å². The van der Waals surface area contributed by atoms with Crippen LogP contribution in [0.2, 0.25) is 0 Å². The van der Waals surface area contributed by atoms with Gasteiger partial charge >= 0.3 is 0 Å². The molecule has 1 aromatic heterocycles. The Morgan fingerprint density at radius 3 is 2.38 bits per heavy atom. The molecular weight excluding hydrogens is 440 g/mol. The maximum absolute atomic E-state index is 12.7. The van der Waals surface area contributed by atoms with Gasteiger partial charge in [0.05, 0.1) is 11.5 Å². The first-order valence-corrected chi connectivity index (χ1v) is 13.8. The highest BCUT2D eigenvalue weighted by Crippen LogP contribution is 2.33. The number of hydrogen-bond donors (Lipinski definition) is 1. The third kappa shape index (κ3) is 5.98. The van der Waals surface area contributed by atoms with Crippen LogP contribution in [0.5, 0.6) is 0 Å². The van der Waals surface area contributed by atoms with Crippen molar-refractivity contribution in [3.63, 3.8) is 0 Å². The van der Waals surface area contributed by atoms with Crippen LogP contribution < -0.4 is 5.32 Å². The second kappa shape index (κ2) is 11.2. The zero-order valence-corrected chi connectivity index (χ0v) is 21.3. The molecule has 5 rings (SSSR count). The minimum Gasteiger partial charge on any atom is -0.317 e. The molecule has 2 aromatic rings. The molecule has 0 bridgehead atoms. The number of nitrogens with one attached hydrogen (secondary N) is 1. The molecule has 3 aliphatic rings. The standard InChI is InChI=1S/C28H38N4OS/c1-30-17-11-23(12-18-30)22-5-7-24(8-6-22)26-9-10-28(34-26)29-27(33)21-31-19-13-25(14-20-31)32-15-3-2-4-16-32/h5-11,25H,2-4,12-21H2,1H3,(H,29,33). The molecule has 0 unspecified atom stereocenters. The van der Waals surface area contributed by atoms with Crippen molar-refractivity contribution in [1.82, 2.24) is 14.7 Å². The van der Waals surface area contributed by atoms with E-state index >= 15 is 0 Å². The minimum atomic E-state index is 0.106. The number of likely N-dealkylation sites (N-methyl/N-ethyl adjacent to an activating group) is 1. The quantitative estimate of drug-likeness (QED) is 0.633. The van der Waals surface area contributed by atoms with E-state index < -0.39 is 0 Å². The number of likely N-dealkylation sites (tertiary alicyclic amines) is 2. The molecule has 2 saturated heterocycles. The summed E-state index contributed by atoms with van der Waals surface area (Å²) in [6, 6.07) is 13.8. The van der Waals surface area contributed by atoms with Gasteiger partial charge in [0.25, 0.3) is 0 Å². The first-order chi connectivity index (χ1) is 16.6. The summed E-state index contributed by atoms with van der Waals surface area (Å²) in [6.07, 6.45) is 9.94. The van der Waals surface area contributed by atoms with E-state index in [1.165, 1.54) is 66.8 Å². The third-order valence-corrected chi connectivity index (χ3v) is 8.70. The Kier molecular flexibility index (Phi) is 7.80. The van der Waals surface area contributed by atoms with E-state index in [-0.39, 0.29) is 5.91 Å². The molecule has 6 heteroatoms. The van der Waals surface area contributed by atoms with Gasteiger partial charge in [0.1, 0.15) is 0 Å². The van der Waals surface area contributed by atoms with E-state index in [9.17, 15) is 4.79 Å². The number of carbonyl (C=O) groups is 1. The van der Waals surface area contributed by atoms with Crippen molar-refractivity contribution in [2.24, 2.45) is 0 Å². The van der Waals surface area contributed by atoms with Crippen molar-refractivity contribution in [1.29, 1.82) is 0 Å². The number of rotatable bonds is 6. The van der Waals surface area contributed by atoms with Gasteiger partial charge < -0.3 is 15.1 Å². The van der Waals surface area contributed by atoms with Gasteiger partial charge in [0, 0.05) is 37.1 Å². The molecule has 1 amide bonds. The molecule has 3 aliphatic heterocycles. The predicted molar refractivity (Wildman–Crippen MR) is 143 cm³/mol. The molecule has 2 fully saturated rings. The molecule has 4 heterocycles. The second-order valence-corrected chi connectivity index (χ2v) is 11.2. The Hall–Kier alpha value is -1.99. The first kappa shape index (κ1) is 23.7. The SMILES string of the molecule is CN1CC=C(c2ccc(-c3ccc(NC(=O)CN4CCC(N5CCCCC5)CC4)s3)cc2)CC1. The van der Waals surface area contributed by atoms with Crippen molar-refractivity contribution in [2.45, 2.75) is 44.6 Å². The molecule has 5 nitrogen and oxygen atoms in total. The Bertz CT molecular complexity index is 984. The van der Waals surface area contributed by atoms with Crippen molar-refractivity contribution >= 4 is 27.8 Å². The normalized spacial score (nSPS) is 21.4. The molecular formula is C28H38N4OS. The fraction of sp³-hybridized carbons (Fsp3) is 0.536. The van der Waals surface area contributed by atoms with Gasteiger partial charge in [-0.25, -0.2) is 0 Å². The van der Waals surface area contributed by atoms with Gasteiger partial charge in [0.15, 0.2) is 0 Å². The van der Waals surface area contributed by atoms with Crippen molar-refractivity contribution in [3.05, 3.63) is 48.0 Å². The number of piperidine rings is 2. The number of thiophene rings is 1. The fourth-order valence-corrected chi connectivity index (χ4v) is 6.48. The van der Waals surface area contributed by atoms with Crippen LogP contribution in [0.3, 0.4) is 0 Å². The molecule has 0 saturated carbocycles. The zero-order chi connectivity index (χ0) is 23.3. The molecule has 182 valence electrons. The Morgan fingerprint density at radius 2 is 1.68 bits per heavy atom. The smallest absolute Gasteiger partial charge is 0.239 e. The highest BCUT2D eigenvalue weighted by Gasteiger charge is 2.26. The lowest BCUT2D eigenvalue weighted by molar-refractivity contribution is -0.117. The van der Waals surface area contributed by atoms with E-state index in [1.54, 1.807) is 11.3 Å². The topological polar surface area (TPSA) is 38.8 Å². The molecule has 0 spiro atoms. The largest absolute Gasteiger partial charge is 0.317 e. The second-order valence-electron chi connectivity index (χ2n) is 10.1. The zero-order valence-electron chi connectivity index (χ0n) is 20.5. The monoisotopic (exact) mass is 478 g/mol. The molecule has 1 N–H and O–H groups in total. The number of benzene rings is 1. The fourth-order valence-electron chi connectivity index (χ4n) is 5.55. The number of nitrogens with zero attached hydrogens (tertiary/aromatic N) is 3. The van der Waals surface area contributed by atoms with Gasteiger partial charge in [-0.1, -0.05) is 36.8 Å². The van der Waals surface area contributed by atoms with Gasteiger partial charge in [-0.3, -0.25) is 9.69 Å². The lowest BCUT2D eigenvalue weighted by Gasteiger charge is -2.40. The summed E-state index contributed by atoms with van der Waals surface area (Å²) in [5.74, 6) is 0.106. The summed E-state index contributed by atoms with van der Waals surface area (Å²) in [7, 11) is 2.17. The van der Waals surface area contributed by atoms with Crippen LogP contribution in [0.4, 0.5) is 5.00 Å². The van der Waals surface area contributed by atoms with Crippen molar-refractivity contribution in [2.75, 3.05) is 58.2 Å². The van der Waals surface area contributed by atoms with Crippen LogP contribution in [0.15, 0.2) is 42.5 Å². The van der Waals surface area contributed by atoms with Gasteiger partial charge in [0.2, 0.25) is 5.91 Å². The van der Waals surface area contributed by atoms with Crippen LogP contribution in [-0.4, -0.2) is 79.5 Å². The summed E-state index contributed by atoms with van der Waals surface area (Å²) < 4.78 is 0. The van der Waals surface area contributed by atoms with Crippen LogP contribution in [0.25, 0.3) is 16.0 Å². The lowest BCUT2D eigenvalue weighted by Crippen LogP contribution is -2.48. The summed E-state index contributed by atoms with van der Waals surface area (Å²) in [6.45, 7) is 7.25. The van der Waals surface area contributed by atoms with E-state index in [1.807, 2.05) is 6.07 Å². The number of anilines is 1. The molecule has 34 heavy (non-hydrogen) atoms. The van der Waals surface area contributed by atoms with Crippen molar-refractivity contribution < 1.29 is 4.79 Å². The molecule has 0 radical (unpaired) electrons. The number of carbonyl (C=O) groups excluding carboxylic acids is 1. The lowest BCUT2D eigenvalue weighted by atomic mass is 9.98. The van der Waals surface area contributed by atoms with Crippen LogP contribution >= 0.6 is 11.3 Å². The molecule has 1 aromatic carbocycles. The first-order valence-electron chi connectivity index (χ1n) is 13.0. The minimum absolute atomic E-state index is 0.106. The van der Waals surface area contributed by atoms with E-state index in [0.29, 0.717) is 6.54 Å². The summed E-state index contributed by atoms with van der Waals surface area (Å²) >= 11 is 1.66. The Balaban J connectivity index is 1.10. The summed E-state index contributed by atoms with van der Waals surface area (Å²) in [5, 5.41) is 4.07. The summed E-state index contributed by atoms with van der Waals surface area (Å²) in [4.78, 5) is 21.2. The highest BCUT2D eigenvalue weighted by molar-refractivity contribution is 7.19. The van der Waals surface area contributed by atoms with Gasteiger partial charge in [-0.2, -0.15) is 0 Å². The van der Waals surface area contributed by atoms with Crippen LogP contribution in [0, 0.1) is 0 Å². The average Bonchev–Trinajstić information content (AvgIpc) is 3.34. The maximum atomic E-state index is 12.7. The van der Waals surface area contributed by atoms with E-state index in [0.717, 1.165) is 43.6 Å². The Morgan fingerprint density at radius 1 is 0.941 bits per heavy atom. The predicted octanol–water partition coefficient (Wildman–Crippen LogP) is 5.02. The summed E-state index contributed by atoms with van der Waals surface area (Å²) in [5.41, 5.74) is 3.98. The third-order valence-electron chi connectivity index (χ3n) is 7.65. The molecule has 0 aliphatic carbocycles. The average molecular weight is 479 g/mol. The number of amides is 1.